The predicted molar refractivity (Wildman–Crippen MR) is 82.8 cm³/mol. The molecule has 5 rings (SSSR count). The molecule has 124 valence electrons. The van der Waals surface area contributed by atoms with Crippen LogP contribution < -0.4 is 0 Å². The van der Waals surface area contributed by atoms with Crippen molar-refractivity contribution in [2.45, 2.75) is 45.3 Å². The molecule has 4 heterocycles. The zero-order chi connectivity index (χ0) is 16.1. The van der Waals surface area contributed by atoms with Crippen LogP contribution in [-0.4, -0.2) is 36.4 Å². The van der Waals surface area contributed by atoms with Crippen LogP contribution in [0.4, 0.5) is 0 Å². The van der Waals surface area contributed by atoms with Gasteiger partial charge in [0.2, 0.25) is 5.89 Å². The molecular weight excluding hydrogens is 308 g/mol. The molecule has 0 spiro atoms. The summed E-state index contributed by atoms with van der Waals surface area (Å²) in [5.41, 5.74) is 0.990. The number of fused-ring (bicyclic) bond motifs is 1. The fourth-order valence-corrected chi connectivity index (χ4v) is 3.20. The maximum absolute atomic E-state index is 5.75. The van der Waals surface area contributed by atoms with E-state index in [0.29, 0.717) is 30.0 Å². The lowest BCUT2D eigenvalue weighted by molar-refractivity contribution is 0.189. The highest BCUT2D eigenvalue weighted by Gasteiger charge is 2.32. The summed E-state index contributed by atoms with van der Waals surface area (Å²) in [6, 6.07) is 1.88. The molecule has 0 saturated heterocycles. The Kier molecular flexibility index (Phi) is 3.05. The standard InChI is InChI=1S/C16H18N6O2/c1-10-4-7-23-14(10)16-20-18-13(24-16)9-21-5-6-22-12(8-21)17-19-15(22)11-2-3-11/h4,7,11H,2-3,5-6,8-9H2,1H3. The molecule has 0 aromatic carbocycles. The average Bonchev–Trinajstić information content (AvgIpc) is 2.98. The molecule has 0 unspecified atom stereocenters. The lowest BCUT2D eigenvalue weighted by Gasteiger charge is -2.26. The number of hydrogen-bond acceptors (Lipinski definition) is 7. The molecule has 3 aromatic rings. The molecule has 1 aliphatic heterocycles. The minimum absolute atomic E-state index is 0.434. The first kappa shape index (κ1) is 13.9. The van der Waals surface area contributed by atoms with E-state index in [1.165, 1.54) is 12.8 Å². The van der Waals surface area contributed by atoms with Crippen LogP contribution in [-0.2, 0) is 19.6 Å². The second-order valence-corrected chi connectivity index (χ2v) is 6.54. The lowest BCUT2D eigenvalue weighted by atomic mass is 10.3. The summed E-state index contributed by atoms with van der Waals surface area (Å²) in [6.45, 7) is 5.18. The van der Waals surface area contributed by atoms with E-state index in [4.69, 9.17) is 8.83 Å². The van der Waals surface area contributed by atoms with Crippen LogP contribution in [0.1, 0.15) is 41.9 Å². The summed E-state index contributed by atoms with van der Waals surface area (Å²) < 4.78 is 13.4. The van der Waals surface area contributed by atoms with Gasteiger partial charge in [0, 0.05) is 24.6 Å². The van der Waals surface area contributed by atoms with E-state index < -0.39 is 0 Å². The lowest BCUT2D eigenvalue weighted by Crippen LogP contribution is -2.34. The Morgan fingerprint density at radius 1 is 1.17 bits per heavy atom. The van der Waals surface area contributed by atoms with Gasteiger partial charge in [0.25, 0.3) is 5.89 Å². The summed E-state index contributed by atoms with van der Waals surface area (Å²) in [5.74, 6) is 4.50. The van der Waals surface area contributed by atoms with Gasteiger partial charge in [-0.2, -0.15) is 0 Å². The second-order valence-electron chi connectivity index (χ2n) is 6.54. The Hall–Kier alpha value is -2.48. The minimum Gasteiger partial charge on any atom is -0.459 e. The van der Waals surface area contributed by atoms with E-state index >= 15 is 0 Å². The van der Waals surface area contributed by atoms with Crippen molar-refractivity contribution >= 4 is 0 Å². The Balaban J connectivity index is 1.30. The summed E-state index contributed by atoms with van der Waals surface area (Å²) >= 11 is 0. The van der Waals surface area contributed by atoms with Gasteiger partial charge in [-0.3, -0.25) is 4.90 Å². The number of hydrogen-bond donors (Lipinski definition) is 0. The van der Waals surface area contributed by atoms with Crippen molar-refractivity contribution in [3.05, 3.63) is 35.4 Å². The maximum Gasteiger partial charge on any atom is 0.283 e. The third-order valence-electron chi connectivity index (χ3n) is 4.69. The van der Waals surface area contributed by atoms with Gasteiger partial charge in [0.15, 0.2) is 5.76 Å². The number of aryl methyl sites for hydroxylation is 1. The largest absolute Gasteiger partial charge is 0.459 e. The van der Waals surface area contributed by atoms with E-state index in [9.17, 15) is 0 Å². The molecule has 0 amide bonds. The topological polar surface area (TPSA) is 86.0 Å². The van der Waals surface area contributed by atoms with Gasteiger partial charge in [-0.25, -0.2) is 0 Å². The second kappa shape index (κ2) is 5.27. The molecule has 24 heavy (non-hydrogen) atoms. The van der Waals surface area contributed by atoms with Gasteiger partial charge in [-0.15, -0.1) is 20.4 Å². The predicted octanol–water partition coefficient (Wildman–Crippen LogP) is 2.12. The molecule has 1 aliphatic carbocycles. The molecular formula is C16H18N6O2. The molecule has 0 N–H and O–H groups in total. The monoisotopic (exact) mass is 326 g/mol. The highest BCUT2D eigenvalue weighted by molar-refractivity contribution is 5.49. The quantitative estimate of drug-likeness (QED) is 0.726. The van der Waals surface area contributed by atoms with E-state index in [0.717, 1.165) is 36.8 Å². The van der Waals surface area contributed by atoms with Gasteiger partial charge < -0.3 is 13.4 Å². The first-order valence-corrected chi connectivity index (χ1v) is 8.29. The molecule has 0 atom stereocenters. The zero-order valence-corrected chi connectivity index (χ0v) is 13.5. The third kappa shape index (κ3) is 2.34. The van der Waals surface area contributed by atoms with Crippen LogP contribution in [0.5, 0.6) is 0 Å². The summed E-state index contributed by atoms with van der Waals surface area (Å²) in [4.78, 5) is 2.26. The number of nitrogens with zero attached hydrogens (tertiary/aromatic N) is 6. The third-order valence-corrected chi connectivity index (χ3v) is 4.69. The Bertz CT molecular complexity index is 875. The molecule has 1 saturated carbocycles. The Morgan fingerprint density at radius 3 is 2.88 bits per heavy atom. The van der Waals surface area contributed by atoms with Crippen LogP contribution in [0.3, 0.4) is 0 Å². The van der Waals surface area contributed by atoms with Crippen molar-refractivity contribution in [1.29, 1.82) is 0 Å². The van der Waals surface area contributed by atoms with Crippen LogP contribution in [0, 0.1) is 6.92 Å². The fourth-order valence-electron chi connectivity index (χ4n) is 3.20. The number of rotatable bonds is 4. The fraction of sp³-hybridized carbons (Fsp3) is 0.500. The van der Waals surface area contributed by atoms with Gasteiger partial charge >= 0.3 is 0 Å². The molecule has 1 fully saturated rings. The van der Waals surface area contributed by atoms with Crippen molar-refractivity contribution in [2.75, 3.05) is 6.54 Å². The molecule has 0 radical (unpaired) electrons. The molecule has 8 nitrogen and oxygen atoms in total. The normalized spacial score (nSPS) is 18.0. The highest BCUT2D eigenvalue weighted by Crippen LogP contribution is 2.39. The number of aromatic nitrogens is 5. The van der Waals surface area contributed by atoms with Crippen molar-refractivity contribution in [2.24, 2.45) is 0 Å². The Labute approximate surface area is 138 Å². The van der Waals surface area contributed by atoms with Crippen LogP contribution in [0.25, 0.3) is 11.7 Å². The highest BCUT2D eigenvalue weighted by atomic mass is 16.4. The van der Waals surface area contributed by atoms with Crippen molar-refractivity contribution in [3.8, 4) is 11.7 Å². The first-order chi connectivity index (χ1) is 11.8. The number of furan rings is 1. The van der Waals surface area contributed by atoms with E-state index in [2.05, 4.69) is 29.9 Å². The van der Waals surface area contributed by atoms with Crippen LogP contribution in [0.15, 0.2) is 21.2 Å². The van der Waals surface area contributed by atoms with Gasteiger partial charge in [-0.05, 0) is 25.8 Å². The smallest absolute Gasteiger partial charge is 0.283 e. The molecule has 3 aromatic heterocycles. The SMILES string of the molecule is Cc1ccoc1-c1nnc(CN2CCn3c(nnc3C3CC3)C2)o1. The summed E-state index contributed by atoms with van der Waals surface area (Å²) in [6.07, 6.45) is 4.13. The van der Waals surface area contributed by atoms with Crippen molar-refractivity contribution in [3.63, 3.8) is 0 Å². The average molecular weight is 326 g/mol. The van der Waals surface area contributed by atoms with Crippen LogP contribution >= 0.6 is 0 Å². The molecule has 0 bridgehead atoms. The molecule has 2 aliphatic rings. The van der Waals surface area contributed by atoms with Gasteiger partial charge in [0.05, 0.1) is 19.4 Å². The zero-order valence-electron chi connectivity index (χ0n) is 13.5. The van der Waals surface area contributed by atoms with Gasteiger partial charge in [-0.1, -0.05) is 0 Å². The first-order valence-electron chi connectivity index (χ1n) is 8.29. The van der Waals surface area contributed by atoms with E-state index in [1.54, 1.807) is 6.26 Å². The summed E-state index contributed by atoms with van der Waals surface area (Å²) in [7, 11) is 0. The van der Waals surface area contributed by atoms with Gasteiger partial charge in [0.1, 0.15) is 11.6 Å². The van der Waals surface area contributed by atoms with E-state index in [-0.39, 0.29) is 0 Å². The van der Waals surface area contributed by atoms with E-state index in [1.807, 2.05) is 13.0 Å². The maximum atomic E-state index is 5.75. The summed E-state index contributed by atoms with van der Waals surface area (Å²) in [5, 5.41) is 17.0. The van der Waals surface area contributed by atoms with Crippen LogP contribution in [0.2, 0.25) is 0 Å². The minimum atomic E-state index is 0.434. The van der Waals surface area contributed by atoms with Crippen molar-refractivity contribution < 1.29 is 8.83 Å². The van der Waals surface area contributed by atoms with Crippen molar-refractivity contribution in [1.82, 2.24) is 29.9 Å². The Morgan fingerprint density at radius 2 is 2.08 bits per heavy atom. The molecule has 8 heteroatoms.